The summed E-state index contributed by atoms with van der Waals surface area (Å²) < 4.78 is 24.0. The summed E-state index contributed by atoms with van der Waals surface area (Å²) in [7, 11) is 0. The largest absolute Gasteiger partial charge is 0.300 e. The summed E-state index contributed by atoms with van der Waals surface area (Å²) in [6, 6.07) is 0. The Hall–Kier alpha value is 0.260. The van der Waals surface area contributed by atoms with E-state index in [-0.39, 0.29) is 6.54 Å². The molecule has 0 saturated carbocycles. The van der Waals surface area contributed by atoms with E-state index in [9.17, 15) is 8.78 Å². The van der Waals surface area contributed by atoms with Crippen LogP contribution in [0.3, 0.4) is 0 Å². The zero-order chi connectivity index (χ0) is 9.68. The SMILES string of the molecule is FC(F)CN1CCN(CCBr)CC1. The molecule has 0 aliphatic carbocycles. The van der Waals surface area contributed by atoms with E-state index in [0.717, 1.165) is 38.1 Å². The molecule has 1 saturated heterocycles. The molecule has 0 N–H and O–H groups in total. The maximum absolute atomic E-state index is 12.0. The second kappa shape index (κ2) is 5.88. The number of alkyl halides is 3. The number of hydrogen-bond acceptors (Lipinski definition) is 2. The lowest BCUT2D eigenvalue weighted by molar-refractivity contribution is 0.0580. The van der Waals surface area contributed by atoms with Crippen LogP contribution in [0.1, 0.15) is 0 Å². The molecule has 1 aliphatic heterocycles. The van der Waals surface area contributed by atoms with Crippen molar-refractivity contribution in [2.45, 2.75) is 6.43 Å². The van der Waals surface area contributed by atoms with Gasteiger partial charge in [-0.3, -0.25) is 9.80 Å². The van der Waals surface area contributed by atoms with Crippen LogP contribution in [-0.4, -0.2) is 60.8 Å². The Balaban J connectivity index is 2.15. The first-order valence-electron chi connectivity index (χ1n) is 4.51. The van der Waals surface area contributed by atoms with Gasteiger partial charge < -0.3 is 0 Å². The van der Waals surface area contributed by atoms with E-state index in [0.29, 0.717) is 0 Å². The monoisotopic (exact) mass is 256 g/mol. The van der Waals surface area contributed by atoms with Crippen molar-refractivity contribution in [3.8, 4) is 0 Å². The quantitative estimate of drug-likeness (QED) is 0.700. The maximum atomic E-state index is 12.0. The van der Waals surface area contributed by atoms with Gasteiger partial charge in [0.15, 0.2) is 0 Å². The molecule has 1 heterocycles. The summed E-state index contributed by atoms with van der Waals surface area (Å²) in [5, 5.41) is 0.960. The molecule has 0 radical (unpaired) electrons. The van der Waals surface area contributed by atoms with Crippen LogP contribution in [0.15, 0.2) is 0 Å². The summed E-state index contributed by atoms with van der Waals surface area (Å²) in [6.45, 7) is 4.33. The summed E-state index contributed by atoms with van der Waals surface area (Å²) in [4.78, 5) is 4.12. The third kappa shape index (κ3) is 4.33. The van der Waals surface area contributed by atoms with Crippen LogP contribution in [0.5, 0.6) is 0 Å². The minimum atomic E-state index is -2.19. The number of hydrogen-bond donors (Lipinski definition) is 0. The van der Waals surface area contributed by atoms with Crippen LogP contribution < -0.4 is 0 Å². The van der Waals surface area contributed by atoms with Crippen LogP contribution >= 0.6 is 15.9 Å². The predicted octanol–water partition coefficient (Wildman–Crippen LogP) is 1.26. The van der Waals surface area contributed by atoms with E-state index in [1.807, 2.05) is 4.90 Å². The van der Waals surface area contributed by atoms with Crippen molar-refractivity contribution < 1.29 is 8.78 Å². The van der Waals surface area contributed by atoms with E-state index in [4.69, 9.17) is 0 Å². The topological polar surface area (TPSA) is 6.48 Å². The molecule has 0 aromatic heterocycles. The van der Waals surface area contributed by atoms with Crippen LogP contribution in [0.2, 0.25) is 0 Å². The van der Waals surface area contributed by atoms with Gasteiger partial charge in [0.1, 0.15) is 0 Å². The zero-order valence-corrected chi connectivity index (χ0v) is 9.14. The third-order valence-corrected chi connectivity index (χ3v) is 2.62. The minimum absolute atomic E-state index is 0.0673. The molecule has 1 fully saturated rings. The molecule has 1 rings (SSSR count). The Kier molecular flexibility index (Phi) is 5.13. The molecular weight excluding hydrogens is 242 g/mol. The van der Waals surface area contributed by atoms with Crippen LogP contribution in [0.4, 0.5) is 8.78 Å². The number of halogens is 3. The second-order valence-electron chi connectivity index (χ2n) is 3.22. The van der Waals surface area contributed by atoms with Crippen molar-refractivity contribution in [1.29, 1.82) is 0 Å². The zero-order valence-electron chi connectivity index (χ0n) is 7.56. The van der Waals surface area contributed by atoms with Gasteiger partial charge >= 0.3 is 0 Å². The summed E-state index contributed by atoms with van der Waals surface area (Å²) in [5.41, 5.74) is 0. The molecule has 78 valence electrons. The first-order valence-corrected chi connectivity index (χ1v) is 5.63. The Bertz CT molecular complexity index is 138. The molecule has 0 amide bonds. The highest BCUT2D eigenvalue weighted by Crippen LogP contribution is 2.04. The fourth-order valence-corrected chi connectivity index (χ4v) is 2.01. The van der Waals surface area contributed by atoms with E-state index in [1.54, 1.807) is 0 Å². The molecule has 1 aliphatic rings. The third-order valence-electron chi connectivity index (χ3n) is 2.26. The molecule has 13 heavy (non-hydrogen) atoms. The van der Waals surface area contributed by atoms with Gasteiger partial charge in [0, 0.05) is 38.1 Å². The van der Waals surface area contributed by atoms with E-state index >= 15 is 0 Å². The van der Waals surface area contributed by atoms with Crippen LogP contribution in [-0.2, 0) is 0 Å². The van der Waals surface area contributed by atoms with E-state index in [1.165, 1.54) is 0 Å². The summed E-state index contributed by atoms with van der Waals surface area (Å²) in [6.07, 6.45) is -2.19. The fraction of sp³-hybridized carbons (Fsp3) is 1.00. The van der Waals surface area contributed by atoms with Crippen molar-refractivity contribution in [1.82, 2.24) is 9.80 Å². The van der Waals surface area contributed by atoms with E-state index in [2.05, 4.69) is 20.8 Å². The molecular formula is C8H15BrF2N2. The van der Waals surface area contributed by atoms with Crippen molar-refractivity contribution in [2.24, 2.45) is 0 Å². The standard InChI is InChI=1S/C8H15BrF2N2/c9-1-2-12-3-5-13(6-4-12)7-8(10)11/h8H,1-7H2. The average Bonchev–Trinajstić information content (AvgIpc) is 2.08. The smallest absolute Gasteiger partial charge is 0.251 e. The van der Waals surface area contributed by atoms with Crippen LogP contribution in [0, 0.1) is 0 Å². The highest BCUT2D eigenvalue weighted by molar-refractivity contribution is 9.09. The molecule has 2 nitrogen and oxygen atoms in total. The lowest BCUT2D eigenvalue weighted by atomic mass is 10.3. The fourth-order valence-electron chi connectivity index (χ4n) is 1.51. The van der Waals surface area contributed by atoms with Gasteiger partial charge in [-0.15, -0.1) is 0 Å². The molecule has 0 spiro atoms. The lowest BCUT2D eigenvalue weighted by Crippen LogP contribution is -2.48. The molecule has 0 bridgehead atoms. The highest BCUT2D eigenvalue weighted by atomic mass is 79.9. The van der Waals surface area contributed by atoms with Crippen LogP contribution in [0.25, 0.3) is 0 Å². The van der Waals surface area contributed by atoms with Gasteiger partial charge in [-0.2, -0.15) is 0 Å². The van der Waals surface area contributed by atoms with Gasteiger partial charge in [0.2, 0.25) is 0 Å². The highest BCUT2D eigenvalue weighted by Gasteiger charge is 2.18. The van der Waals surface area contributed by atoms with Gasteiger partial charge in [-0.05, 0) is 0 Å². The number of rotatable bonds is 4. The van der Waals surface area contributed by atoms with Crippen molar-refractivity contribution in [3.05, 3.63) is 0 Å². The lowest BCUT2D eigenvalue weighted by Gasteiger charge is -2.34. The average molecular weight is 257 g/mol. The Morgan fingerprint density at radius 3 is 2.08 bits per heavy atom. The first kappa shape index (κ1) is 11.3. The Morgan fingerprint density at radius 1 is 1.08 bits per heavy atom. The second-order valence-corrected chi connectivity index (χ2v) is 4.02. The normalized spacial score (nSPS) is 21.2. The van der Waals surface area contributed by atoms with Crippen molar-refractivity contribution in [3.63, 3.8) is 0 Å². The number of piperazine rings is 1. The molecule has 0 atom stereocenters. The van der Waals surface area contributed by atoms with Gasteiger partial charge in [0.25, 0.3) is 6.43 Å². The number of nitrogens with zero attached hydrogens (tertiary/aromatic N) is 2. The van der Waals surface area contributed by atoms with Gasteiger partial charge in [-0.1, -0.05) is 15.9 Å². The summed E-state index contributed by atoms with van der Waals surface area (Å²) in [5.74, 6) is 0. The van der Waals surface area contributed by atoms with Gasteiger partial charge in [-0.25, -0.2) is 8.78 Å². The van der Waals surface area contributed by atoms with Crippen molar-refractivity contribution in [2.75, 3.05) is 44.6 Å². The Labute approximate surface area is 86.0 Å². The Morgan fingerprint density at radius 2 is 1.62 bits per heavy atom. The van der Waals surface area contributed by atoms with Gasteiger partial charge in [0.05, 0.1) is 6.54 Å². The molecule has 0 aromatic carbocycles. The molecule has 0 aromatic rings. The predicted molar refractivity (Wildman–Crippen MR) is 52.7 cm³/mol. The molecule has 5 heteroatoms. The maximum Gasteiger partial charge on any atom is 0.251 e. The molecule has 0 unspecified atom stereocenters. The van der Waals surface area contributed by atoms with E-state index < -0.39 is 6.43 Å². The van der Waals surface area contributed by atoms with Crippen molar-refractivity contribution >= 4 is 15.9 Å². The summed E-state index contributed by atoms with van der Waals surface area (Å²) >= 11 is 3.37. The first-order chi connectivity index (χ1) is 6.22. The minimum Gasteiger partial charge on any atom is -0.300 e.